The second-order valence-corrected chi connectivity index (χ2v) is 8.17. The molecule has 0 aliphatic carbocycles. The van der Waals surface area contributed by atoms with Crippen LogP contribution in [-0.4, -0.2) is 35.4 Å². The maximum absolute atomic E-state index is 12.7. The molecule has 0 spiro atoms. The number of amides is 1. The van der Waals surface area contributed by atoms with E-state index >= 15 is 0 Å². The lowest BCUT2D eigenvalue weighted by atomic mass is 9.92. The number of nitrogens with one attached hydrogen (secondary N) is 1. The largest absolute Gasteiger partial charge is 0.310 e. The average molecular weight is 417 g/mol. The maximum Gasteiger partial charge on any atom is 0.252 e. The molecule has 0 unspecified atom stereocenters. The van der Waals surface area contributed by atoms with Gasteiger partial charge in [0.05, 0.1) is 24.0 Å². The first-order valence-electron chi connectivity index (χ1n) is 9.95. The van der Waals surface area contributed by atoms with Gasteiger partial charge >= 0.3 is 0 Å². The van der Waals surface area contributed by atoms with E-state index in [-0.39, 0.29) is 23.2 Å². The summed E-state index contributed by atoms with van der Waals surface area (Å²) >= 11 is 0. The van der Waals surface area contributed by atoms with Crippen LogP contribution in [0, 0.1) is 0 Å². The van der Waals surface area contributed by atoms with Crippen LogP contribution in [0.25, 0.3) is 16.9 Å². The fourth-order valence-electron chi connectivity index (χ4n) is 3.14. The van der Waals surface area contributed by atoms with Crippen LogP contribution in [0.2, 0.25) is 0 Å². The van der Waals surface area contributed by atoms with Crippen molar-refractivity contribution in [3.05, 3.63) is 70.9 Å². The van der Waals surface area contributed by atoms with E-state index in [9.17, 15) is 9.59 Å². The van der Waals surface area contributed by atoms with Crippen LogP contribution in [0.3, 0.4) is 0 Å². The van der Waals surface area contributed by atoms with Gasteiger partial charge in [-0.15, -0.1) is 0 Å². The molecule has 0 radical (unpaired) electrons. The first-order valence-corrected chi connectivity index (χ1v) is 9.95. The van der Waals surface area contributed by atoms with Gasteiger partial charge in [0.2, 0.25) is 11.3 Å². The summed E-state index contributed by atoms with van der Waals surface area (Å²) < 4.78 is 3.19. The van der Waals surface area contributed by atoms with Gasteiger partial charge < -0.3 is 5.32 Å². The average Bonchev–Trinajstić information content (AvgIpc) is 3.18. The van der Waals surface area contributed by atoms with E-state index in [1.165, 1.54) is 10.9 Å². The van der Waals surface area contributed by atoms with Gasteiger partial charge in [-0.25, -0.2) is 9.97 Å². The SMILES string of the molecule is CC(C)(C)c1cc(NC(=O)CCn2ncc(=O)c3ccccc32)n(-c2ncccn2)n1. The Morgan fingerprint density at radius 2 is 1.84 bits per heavy atom. The number of para-hydroxylation sites is 1. The smallest absolute Gasteiger partial charge is 0.252 e. The number of fused-ring (bicyclic) bond motifs is 1. The molecule has 0 saturated carbocycles. The topological polar surface area (TPSA) is 108 Å². The Bertz CT molecular complexity index is 1290. The van der Waals surface area contributed by atoms with E-state index in [0.717, 1.165) is 5.69 Å². The molecule has 1 amide bonds. The highest BCUT2D eigenvalue weighted by atomic mass is 16.1. The van der Waals surface area contributed by atoms with Crippen molar-refractivity contribution >= 4 is 22.6 Å². The summed E-state index contributed by atoms with van der Waals surface area (Å²) in [6.07, 6.45) is 4.70. The van der Waals surface area contributed by atoms with E-state index in [2.05, 4.69) is 25.5 Å². The van der Waals surface area contributed by atoms with Crippen LogP contribution in [-0.2, 0) is 16.8 Å². The summed E-state index contributed by atoms with van der Waals surface area (Å²) in [4.78, 5) is 33.2. The predicted octanol–water partition coefficient (Wildman–Crippen LogP) is 2.70. The molecule has 0 saturated heterocycles. The molecule has 31 heavy (non-hydrogen) atoms. The normalized spacial score (nSPS) is 11.6. The monoisotopic (exact) mass is 417 g/mol. The predicted molar refractivity (Wildman–Crippen MR) is 117 cm³/mol. The third-order valence-electron chi connectivity index (χ3n) is 4.80. The number of aryl methyl sites for hydroxylation is 1. The third-order valence-corrected chi connectivity index (χ3v) is 4.80. The molecule has 9 nitrogen and oxygen atoms in total. The minimum atomic E-state index is -0.210. The molecule has 158 valence electrons. The van der Waals surface area contributed by atoms with Crippen molar-refractivity contribution in [2.75, 3.05) is 5.32 Å². The van der Waals surface area contributed by atoms with Crippen molar-refractivity contribution in [3.63, 3.8) is 0 Å². The van der Waals surface area contributed by atoms with Gasteiger partial charge in [0.15, 0.2) is 0 Å². The summed E-state index contributed by atoms with van der Waals surface area (Å²) in [5, 5.41) is 12.3. The standard InChI is InChI=1S/C22H23N7O2/c1-22(2,3)18-13-19(29(27-18)21-23-10-6-11-24-21)26-20(31)9-12-28-16-8-5-4-7-15(16)17(30)14-25-28/h4-8,10-11,13-14H,9,12H2,1-3H3,(H,26,31). The number of rotatable bonds is 5. The summed E-state index contributed by atoms with van der Waals surface area (Å²) in [5.74, 6) is 0.669. The minimum absolute atomic E-state index is 0.141. The van der Waals surface area contributed by atoms with Crippen LogP contribution >= 0.6 is 0 Å². The van der Waals surface area contributed by atoms with Gasteiger partial charge in [0.25, 0.3) is 5.95 Å². The first-order chi connectivity index (χ1) is 14.8. The van der Waals surface area contributed by atoms with Gasteiger partial charge in [-0.3, -0.25) is 14.3 Å². The molecular weight excluding hydrogens is 394 g/mol. The number of aromatic nitrogens is 6. The Balaban J connectivity index is 1.56. The highest BCUT2D eigenvalue weighted by molar-refractivity contribution is 5.90. The molecule has 3 heterocycles. The number of hydrogen-bond donors (Lipinski definition) is 1. The Morgan fingerprint density at radius 3 is 2.58 bits per heavy atom. The van der Waals surface area contributed by atoms with Crippen LogP contribution in [0.1, 0.15) is 32.9 Å². The van der Waals surface area contributed by atoms with Gasteiger partial charge in [-0.2, -0.15) is 14.9 Å². The van der Waals surface area contributed by atoms with E-state index in [4.69, 9.17) is 0 Å². The lowest BCUT2D eigenvalue weighted by Gasteiger charge is -2.13. The zero-order chi connectivity index (χ0) is 22.0. The van der Waals surface area contributed by atoms with E-state index < -0.39 is 0 Å². The van der Waals surface area contributed by atoms with Crippen molar-refractivity contribution < 1.29 is 4.79 Å². The number of anilines is 1. The first kappa shape index (κ1) is 20.4. The van der Waals surface area contributed by atoms with Gasteiger partial charge in [0.1, 0.15) is 5.82 Å². The Labute approximate surface area is 178 Å². The van der Waals surface area contributed by atoms with Crippen LogP contribution in [0.4, 0.5) is 5.82 Å². The van der Waals surface area contributed by atoms with Gasteiger partial charge in [-0.1, -0.05) is 32.9 Å². The third kappa shape index (κ3) is 4.35. The number of carbonyl (C=O) groups excluding carboxylic acids is 1. The summed E-state index contributed by atoms with van der Waals surface area (Å²) in [6.45, 7) is 6.47. The molecule has 4 aromatic rings. The molecule has 0 aliphatic rings. The number of nitrogens with zero attached hydrogens (tertiary/aromatic N) is 6. The molecule has 1 aromatic carbocycles. The number of hydrogen-bond acceptors (Lipinski definition) is 6. The van der Waals surface area contributed by atoms with E-state index in [1.54, 1.807) is 35.3 Å². The van der Waals surface area contributed by atoms with Crippen molar-refractivity contribution in [1.29, 1.82) is 0 Å². The van der Waals surface area contributed by atoms with Gasteiger partial charge in [0, 0.05) is 35.7 Å². The van der Waals surface area contributed by atoms with Gasteiger partial charge in [-0.05, 0) is 18.2 Å². The zero-order valence-corrected chi connectivity index (χ0v) is 17.6. The summed E-state index contributed by atoms with van der Waals surface area (Å²) in [6, 6.07) is 10.8. The molecular formula is C22H23N7O2. The highest BCUT2D eigenvalue weighted by Crippen LogP contribution is 2.25. The lowest BCUT2D eigenvalue weighted by molar-refractivity contribution is -0.116. The Hall–Kier alpha value is -3.88. The molecule has 0 aliphatic heterocycles. The molecule has 4 rings (SSSR count). The molecule has 3 aromatic heterocycles. The molecule has 0 bridgehead atoms. The van der Waals surface area contributed by atoms with Crippen molar-refractivity contribution in [3.8, 4) is 5.95 Å². The summed E-state index contributed by atoms with van der Waals surface area (Å²) in [7, 11) is 0. The zero-order valence-electron chi connectivity index (χ0n) is 17.6. The summed E-state index contributed by atoms with van der Waals surface area (Å²) in [5.41, 5.74) is 1.15. The quantitative estimate of drug-likeness (QED) is 0.535. The lowest BCUT2D eigenvalue weighted by Crippen LogP contribution is -2.19. The van der Waals surface area contributed by atoms with Crippen LogP contribution < -0.4 is 10.7 Å². The van der Waals surface area contributed by atoms with Crippen LogP contribution in [0.5, 0.6) is 0 Å². The molecule has 9 heteroatoms. The van der Waals surface area contributed by atoms with E-state index in [0.29, 0.717) is 29.2 Å². The fraction of sp³-hybridized carbons (Fsp3) is 0.273. The van der Waals surface area contributed by atoms with E-state index in [1.807, 2.05) is 39.0 Å². The fourth-order valence-corrected chi connectivity index (χ4v) is 3.14. The van der Waals surface area contributed by atoms with Crippen molar-refractivity contribution in [2.24, 2.45) is 0 Å². The second-order valence-electron chi connectivity index (χ2n) is 8.17. The molecule has 0 fully saturated rings. The van der Waals surface area contributed by atoms with Crippen LogP contribution in [0.15, 0.2) is 59.8 Å². The maximum atomic E-state index is 12.7. The van der Waals surface area contributed by atoms with Crippen molar-refractivity contribution in [1.82, 2.24) is 29.5 Å². The minimum Gasteiger partial charge on any atom is -0.310 e. The number of carbonyl (C=O) groups is 1. The molecule has 1 N–H and O–H groups in total. The van der Waals surface area contributed by atoms with Crippen molar-refractivity contribution in [2.45, 2.75) is 39.2 Å². The molecule has 0 atom stereocenters. The Kier molecular flexibility index (Phi) is 5.33. The second kappa shape index (κ2) is 8.10. The number of benzene rings is 1. The highest BCUT2D eigenvalue weighted by Gasteiger charge is 2.22. The Morgan fingerprint density at radius 1 is 1.10 bits per heavy atom.